The Hall–Kier alpha value is -1.14. The van der Waals surface area contributed by atoms with Gasteiger partial charge in [0, 0.05) is 6.21 Å². The van der Waals surface area contributed by atoms with Crippen LogP contribution >= 0.6 is 0 Å². The highest BCUT2D eigenvalue weighted by Crippen LogP contribution is 1.72. The van der Waals surface area contributed by atoms with Gasteiger partial charge in [0.25, 0.3) is 0 Å². The van der Waals surface area contributed by atoms with Crippen LogP contribution in [0.15, 0.2) is 12.2 Å². The SMILES string of the molecule is C=C(C#N)C=N.CN. The van der Waals surface area contributed by atoms with Gasteiger partial charge in [-0.05, 0) is 7.05 Å². The average Bonchev–Trinajstić information content (AvgIpc) is 1.91. The Morgan fingerprint density at radius 1 is 1.88 bits per heavy atom. The highest BCUT2D eigenvalue weighted by Gasteiger charge is 1.73. The van der Waals surface area contributed by atoms with Crippen molar-refractivity contribution in [3.8, 4) is 6.07 Å². The van der Waals surface area contributed by atoms with Crippen molar-refractivity contribution in [2.45, 2.75) is 0 Å². The van der Waals surface area contributed by atoms with Crippen molar-refractivity contribution in [1.29, 1.82) is 10.7 Å². The maximum atomic E-state index is 7.83. The quantitative estimate of drug-likeness (QED) is 0.377. The lowest BCUT2D eigenvalue weighted by atomic mass is 10.4. The third kappa shape index (κ3) is 8.85. The monoisotopic (exact) mass is 111 g/mol. The van der Waals surface area contributed by atoms with E-state index >= 15 is 0 Å². The molecule has 0 rings (SSSR count). The largest absolute Gasteiger partial charge is 0.333 e. The van der Waals surface area contributed by atoms with Crippen LogP contribution in [0.1, 0.15) is 0 Å². The van der Waals surface area contributed by atoms with Gasteiger partial charge in [-0.25, -0.2) is 0 Å². The summed E-state index contributed by atoms with van der Waals surface area (Å²) in [4.78, 5) is 0. The molecule has 0 spiro atoms. The standard InChI is InChI=1S/C4H4N2.CH5N/c1-4(2-5)3-6;1-2/h2,5H,1H2;2H2,1H3. The van der Waals surface area contributed by atoms with Crippen molar-refractivity contribution >= 4 is 6.21 Å². The van der Waals surface area contributed by atoms with Crippen LogP contribution in [0.3, 0.4) is 0 Å². The van der Waals surface area contributed by atoms with Crippen molar-refractivity contribution in [1.82, 2.24) is 0 Å². The number of hydrogen-bond donors (Lipinski definition) is 2. The molecule has 0 radical (unpaired) electrons. The third-order valence-corrected chi connectivity index (χ3v) is 0.318. The summed E-state index contributed by atoms with van der Waals surface area (Å²) in [6.07, 6.45) is 0.917. The molecule has 3 nitrogen and oxygen atoms in total. The van der Waals surface area contributed by atoms with E-state index < -0.39 is 0 Å². The van der Waals surface area contributed by atoms with Gasteiger partial charge in [0.1, 0.15) is 6.07 Å². The Bertz CT molecular complexity index is 109. The van der Waals surface area contributed by atoms with Crippen LogP contribution in [0.4, 0.5) is 0 Å². The maximum Gasteiger partial charge on any atom is 0.100 e. The Balaban J connectivity index is 0. The third-order valence-electron chi connectivity index (χ3n) is 0.318. The number of nitriles is 1. The summed E-state index contributed by atoms with van der Waals surface area (Å²) >= 11 is 0. The van der Waals surface area contributed by atoms with E-state index in [9.17, 15) is 0 Å². The van der Waals surface area contributed by atoms with E-state index in [1.165, 1.54) is 7.05 Å². The zero-order valence-corrected chi connectivity index (χ0v) is 4.81. The topological polar surface area (TPSA) is 73.7 Å². The summed E-state index contributed by atoms with van der Waals surface area (Å²) in [6, 6.07) is 1.68. The van der Waals surface area contributed by atoms with E-state index in [0.717, 1.165) is 6.21 Å². The highest BCUT2D eigenvalue weighted by atomic mass is 14.4. The Morgan fingerprint density at radius 3 is 2.25 bits per heavy atom. The predicted molar refractivity (Wildman–Crippen MR) is 33.6 cm³/mol. The smallest absolute Gasteiger partial charge is 0.100 e. The van der Waals surface area contributed by atoms with Gasteiger partial charge in [0.05, 0.1) is 5.57 Å². The molecule has 0 heterocycles. The fourth-order valence-electron chi connectivity index (χ4n) is 0.0323. The van der Waals surface area contributed by atoms with Gasteiger partial charge in [-0.15, -0.1) is 0 Å². The second-order valence-electron chi connectivity index (χ2n) is 0.781. The molecule has 0 bridgehead atoms. The maximum absolute atomic E-state index is 7.83. The second-order valence-corrected chi connectivity index (χ2v) is 0.781. The normalized spacial score (nSPS) is 5.12. The molecule has 44 valence electrons. The van der Waals surface area contributed by atoms with E-state index in [1.54, 1.807) is 6.07 Å². The van der Waals surface area contributed by atoms with Crippen LogP contribution in [-0.2, 0) is 0 Å². The predicted octanol–water partition coefficient (Wildman–Crippen LogP) is 0.291. The van der Waals surface area contributed by atoms with Crippen LogP contribution in [-0.4, -0.2) is 13.3 Å². The number of nitrogens with two attached hydrogens (primary N) is 1. The van der Waals surface area contributed by atoms with E-state index in [1.807, 2.05) is 0 Å². The van der Waals surface area contributed by atoms with Crippen LogP contribution in [0.2, 0.25) is 0 Å². The molecule has 0 saturated heterocycles. The summed E-state index contributed by atoms with van der Waals surface area (Å²) in [5, 5.41) is 14.2. The van der Waals surface area contributed by atoms with Crippen LogP contribution in [0.5, 0.6) is 0 Å². The second kappa shape index (κ2) is 9.29. The summed E-state index contributed by atoms with van der Waals surface area (Å²) in [5.41, 5.74) is 4.69. The van der Waals surface area contributed by atoms with E-state index in [4.69, 9.17) is 10.7 Å². The molecule has 0 aromatic carbocycles. The van der Waals surface area contributed by atoms with Crippen molar-refractivity contribution in [2.75, 3.05) is 7.05 Å². The average molecular weight is 111 g/mol. The van der Waals surface area contributed by atoms with Gasteiger partial charge in [-0.3, -0.25) is 0 Å². The highest BCUT2D eigenvalue weighted by molar-refractivity contribution is 5.79. The van der Waals surface area contributed by atoms with Crippen LogP contribution in [0, 0.1) is 16.7 Å². The molecule has 0 unspecified atom stereocenters. The molecule has 0 fully saturated rings. The minimum Gasteiger partial charge on any atom is -0.333 e. The van der Waals surface area contributed by atoms with Gasteiger partial charge >= 0.3 is 0 Å². The van der Waals surface area contributed by atoms with Gasteiger partial charge in [0.2, 0.25) is 0 Å². The Kier molecular flexibility index (Phi) is 11.6. The van der Waals surface area contributed by atoms with Gasteiger partial charge in [-0.2, -0.15) is 5.26 Å². The number of allylic oxidation sites excluding steroid dienone is 1. The summed E-state index contributed by atoms with van der Waals surface area (Å²) in [5.74, 6) is 0. The van der Waals surface area contributed by atoms with E-state index in [0.29, 0.717) is 0 Å². The molecule has 0 aliphatic carbocycles. The molecule has 0 aliphatic heterocycles. The fourth-order valence-corrected chi connectivity index (χ4v) is 0.0323. The van der Waals surface area contributed by atoms with Gasteiger partial charge in [0.15, 0.2) is 0 Å². The fraction of sp³-hybridized carbons (Fsp3) is 0.200. The molecule has 0 amide bonds. The van der Waals surface area contributed by atoms with E-state index in [-0.39, 0.29) is 5.57 Å². The molecular formula is C5H9N3. The molecule has 8 heavy (non-hydrogen) atoms. The summed E-state index contributed by atoms with van der Waals surface area (Å²) in [6.45, 7) is 3.19. The minimum absolute atomic E-state index is 0.190. The number of nitrogens with one attached hydrogen (secondary N) is 1. The molecular weight excluding hydrogens is 102 g/mol. The lowest BCUT2D eigenvalue weighted by Gasteiger charge is -1.66. The first-order chi connectivity index (χ1) is 3.81. The first-order valence-corrected chi connectivity index (χ1v) is 1.98. The zero-order chi connectivity index (χ0) is 6.99. The lowest BCUT2D eigenvalue weighted by molar-refractivity contribution is 1.48. The molecule has 3 heteroatoms. The molecule has 3 N–H and O–H groups in total. The molecule has 0 aromatic rings. The number of rotatable bonds is 1. The first kappa shape index (κ1) is 9.97. The lowest BCUT2D eigenvalue weighted by Crippen LogP contribution is -1.69. The molecule has 0 aliphatic rings. The van der Waals surface area contributed by atoms with Crippen LogP contribution < -0.4 is 5.73 Å². The molecule has 0 aromatic heterocycles. The summed E-state index contributed by atoms with van der Waals surface area (Å²) in [7, 11) is 1.50. The van der Waals surface area contributed by atoms with Gasteiger partial charge < -0.3 is 11.1 Å². The Labute approximate surface area is 48.9 Å². The number of nitrogens with zero attached hydrogens (tertiary/aromatic N) is 1. The zero-order valence-electron chi connectivity index (χ0n) is 4.81. The van der Waals surface area contributed by atoms with E-state index in [2.05, 4.69) is 12.3 Å². The van der Waals surface area contributed by atoms with Crippen LogP contribution in [0.25, 0.3) is 0 Å². The van der Waals surface area contributed by atoms with Crippen molar-refractivity contribution in [2.24, 2.45) is 5.73 Å². The number of hydrogen-bond acceptors (Lipinski definition) is 3. The van der Waals surface area contributed by atoms with Gasteiger partial charge in [-0.1, -0.05) is 6.58 Å². The van der Waals surface area contributed by atoms with Crippen molar-refractivity contribution in [3.63, 3.8) is 0 Å². The molecule has 0 atom stereocenters. The minimum atomic E-state index is 0.190. The molecule has 0 saturated carbocycles. The first-order valence-electron chi connectivity index (χ1n) is 1.98. The summed E-state index contributed by atoms with van der Waals surface area (Å²) < 4.78 is 0. The van der Waals surface area contributed by atoms with Crippen molar-refractivity contribution in [3.05, 3.63) is 12.2 Å². The van der Waals surface area contributed by atoms with Crippen molar-refractivity contribution < 1.29 is 0 Å². The Morgan fingerprint density at radius 2 is 2.25 bits per heavy atom.